The van der Waals surface area contributed by atoms with Gasteiger partial charge in [0.15, 0.2) is 0 Å². The maximum Gasteiger partial charge on any atom is 0.119 e. The lowest BCUT2D eigenvalue weighted by Crippen LogP contribution is -2.24. The molecule has 2 aromatic rings. The largest absolute Gasteiger partial charge is 0.550 e. The quantitative estimate of drug-likeness (QED) is 0.823. The standard InChI is InChI=1S/C19H22O3/c1-13(2)22-17-10-8-16(9-11-17)18(12-19(20)21)15-6-4-14(3)5-7-15/h4-11,13,18H,12H2,1-3H3,(H,20,21)/p-1/t18-/m1/s1. The van der Waals surface area contributed by atoms with Crippen LogP contribution in [0.1, 0.15) is 42.9 Å². The summed E-state index contributed by atoms with van der Waals surface area (Å²) in [7, 11) is 0. The zero-order valence-electron chi connectivity index (χ0n) is 13.2. The van der Waals surface area contributed by atoms with E-state index in [-0.39, 0.29) is 18.4 Å². The van der Waals surface area contributed by atoms with Gasteiger partial charge in [0.1, 0.15) is 5.75 Å². The van der Waals surface area contributed by atoms with Crippen LogP contribution in [0.15, 0.2) is 48.5 Å². The average molecular weight is 297 g/mol. The molecule has 0 unspecified atom stereocenters. The number of ether oxygens (including phenoxy) is 1. The van der Waals surface area contributed by atoms with Gasteiger partial charge in [-0.25, -0.2) is 0 Å². The molecule has 0 N–H and O–H groups in total. The van der Waals surface area contributed by atoms with Gasteiger partial charge in [-0.2, -0.15) is 0 Å². The minimum Gasteiger partial charge on any atom is -0.550 e. The van der Waals surface area contributed by atoms with Crippen LogP contribution in [0.25, 0.3) is 0 Å². The molecule has 3 heteroatoms. The molecule has 0 amide bonds. The first-order valence-electron chi connectivity index (χ1n) is 7.48. The van der Waals surface area contributed by atoms with Gasteiger partial charge in [-0.3, -0.25) is 0 Å². The predicted octanol–water partition coefficient (Wildman–Crippen LogP) is 3.05. The minimum absolute atomic E-state index is 0.0343. The minimum atomic E-state index is -1.05. The van der Waals surface area contributed by atoms with E-state index in [1.165, 1.54) is 0 Å². The van der Waals surface area contributed by atoms with Gasteiger partial charge in [0.05, 0.1) is 6.10 Å². The number of hydrogen-bond acceptors (Lipinski definition) is 3. The summed E-state index contributed by atoms with van der Waals surface area (Å²) < 4.78 is 5.62. The summed E-state index contributed by atoms with van der Waals surface area (Å²) in [5, 5.41) is 11.1. The van der Waals surface area contributed by atoms with Crippen molar-refractivity contribution in [3.63, 3.8) is 0 Å². The highest BCUT2D eigenvalue weighted by Gasteiger charge is 2.15. The Kier molecular flexibility index (Phi) is 5.21. The molecule has 0 aliphatic heterocycles. The summed E-state index contributed by atoms with van der Waals surface area (Å²) >= 11 is 0. The van der Waals surface area contributed by atoms with Crippen LogP contribution in [0.4, 0.5) is 0 Å². The number of benzene rings is 2. The van der Waals surface area contributed by atoms with Gasteiger partial charge in [-0.15, -0.1) is 0 Å². The number of rotatable bonds is 6. The van der Waals surface area contributed by atoms with Crippen LogP contribution in [0.3, 0.4) is 0 Å². The number of aliphatic carboxylic acids is 1. The molecule has 22 heavy (non-hydrogen) atoms. The van der Waals surface area contributed by atoms with Crippen molar-refractivity contribution in [2.24, 2.45) is 0 Å². The Morgan fingerprint density at radius 1 is 1.00 bits per heavy atom. The highest BCUT2D eigenvalue weighted by molar-refractivity contribution is 5.67. The number of carboxylic acid groups (broad SMARTS) is 1. The first kappa shape index (κ1) is 16.1. The maximum atomic E-state index is 11.1. The third-order valence-electron chi connectivity index (χ3n) is 3.50. The number of hydrogen-bond donors (Lipinski definition) is 0. The fraction of sp³-hybridized carbons (Fsp3) is 0.316. The molecule has 3 nitrogen and oxygen atoms in total. The summed E-state index contributed by atoms with van der Waals surface area (Å²) in [5.74, 6) is -0.471. The van der Waals surface area contributed by atoms with Gasteiger partial charge in [-0.1, -0.05) is 42.0 Å². The molecular weight excluding hydrogens is 276 g/mol. The fourth-order valence-electron chi connectivity index (χ4n) is 2.44. The lowest BCUT2D eigenvalue weighted by Gasteiger charge is -2.19. The molecule has 0 aliphatic carbocycles. The number of aryl methyl sites for hydroxylation is 1. The summed E-state index contributed by atoms with van der Waals surface area (Å²) in [6.45, 7) is 5.95. The van der Waals surface area contributed by atoms with E-state index < -0.39 is 5.97 Å². The van der Waals surface area contributed by atoms with E-state index in [1.807, 2.05) is 69.3 Å². The molecule has 2 aromatic carbocycles. The molecule has 0 heterocycles. The number of carboxylic acids is 1. The van der Waals surface area contributed by atoms with E-state index in [1.54, 1.807) is 0 Å². The molecule has 0 saturated carbocycles. The van der Waals surface area contributed by atoms with Crippen molar-refractivity contribution in [3.05, 3.63) is 65.2 Å². The lowest BCUT2D eigenvalue weighted by molar-refractivity contribution is -0.305. The van der Waals surface area contributed by atoms with Gasteiger partial charge in [0.25, 0.3) is 0 Å². The fourth-order valence-corrected chi connectivity index (χ4v) is 2.44. The number of carbonyl (C=O) groups excluding carboxylic acids is 1. The second-order valence-corrected chi connectivity index (χ2v) is 5.78. The summed E-state index contributed by atoms with van der Waals surface area (Å²) in [6, 6.07) is 15.5. The van der Waals surface area contributed by atoms with Gasteiger partial charge in [0.2, 0.25) is 0 Å². The summed E-state index contributed by atoms with van der Waals surface area (Å²) in [6.07, 6.45) is 0.0787. The van der Waals surface area contributed by atoms with Gasteiger partial charge >= 0.3 is 0 Å². The normalized spacial score (nSPS) is 12.2. The van der Waals surface area contributed by atoms with E-state index in [4.69, 9.17) is 4.74 Å². The summed E-state index contributed by atoms with van der Waals surface area (Å²) in [4.78, 5) is 11.1. The monoisotopic (exact) mass is 297 g/mol. The first-order chi connectivity index (χ1) is 10.5. The molecule has 2 rings (SSSR count). The molecule has 0 fully saturated rings. The lowest BCUT2D eigenvalue weighted by atomic mass is 9.88. The van der Waals surface area contributed by atoms with Crippen LogP contribution >= 0.6 is 0 Å². The van der Waals surface area contributed by atoms with Crippen LogP contribution in [-0.2, 0) is 4.79 Å². The highest BCUT2D eigenvalue weighted by atomic mass is 16.5. The van der Waals surface area contributed by atoms with E-state index in [0.29, 0.717) is 0 Å². The topological polar surface area (TPSA) is 49.4 Å². The van der Waals surface area contributed by atoms with Crippen molar-refractivity contribution < 1.29 is 14.6 Å². The molecule has 0 saturated heterocycles. The molecule has 0 bridgehead atoms. The van der Waals surface area contributed by atoms with Crippen LogP contribution in [0.2, 0.25) is 0 Å². The van der Waals surface area contributed by atoms with Gasteiger partial charge in [0, 0.05) is 11.9 Å². The SMILES string of the molecule is Cc1ccc([C@@H](CC(=O)[O-])c2ccc(OC(C)C)cc2)cc1. The van der Waals surface area contributed by atoms with Crippen LogP contribution in [0, 0.1) is 6.92 Å². The van der Waals surface area contributed by atoms with E-state index in [9.17, 15) is 9.90 Å². The van der Waals surface area contributed by atoms with E-state index >= 15 is 0 Å². The molecule has 116 valence electrons. The maximum absolute atomic E-state index is 11.1. The summed E-state index contributed by atoms with van der Waals surface area (Å²) in [5.41, 5.74) is 3.08. The molecule has 0 spiro atoms. The van der Waals surface area contributed by atoms with Gasteiger partial charge in [-0.05, 0) is 50.5 Å². The Morgan fingerprint density at radius 3 is 1.95 bits per heavy atom. The molecule has 0 aliphatic rings. The Balaban J connectivity index is 2.28. The predicted molar refractivity (Wildman–Crippen MR) is 84.9 cm³/mol. The Labute approximate surface area is 131 Å². The third kappa shape index (κ3) is 4.35. The van der Waals surface area contributed by atoms with Crippen molar-refractivity contribution in [2.75, 3.05) is 0 Å². The second kappa shape index (κ2) is 7.12. The average Bonchev–Trinajstić information content (AvgIpc) is 2.46. The van der Waals surface area contributed by atoms with E-state index in [2.05, 4.69) is 0 Å². The van der Waals surface area contributed by atoms with Crippen molar-refractivity contribution in [2.45, 2.75) is 39.2 Å². The first-order valence-corrected chi connectivity index (χ1v) is 7.48. The molecule has 1 atom stereocenters. The van der Waals surface area contributed by atoms with Crippen molar-refractivity contribution >= 4 is 5.97 Å². The Hall–Kier alpha value is -2.29. The molecular formula is C19H21O3-. The van der Waals surface area contributed by atoms with Crippen LogP contribution in [-0.4, -0.2) is 12.1 Å². The highest BCUT2D eigenvalue weighted by Crippen LogP contribution is 2.29. The second-order valence-electron chi connectivity index (χ2n) is 5.78. The van der Waals surface area contributed by atoms with Crippen molar-refractivity contribution in [1.82, 2.24) is 0 Å². The molecule has 0 aromatic heterocycles. The zero-order valence-corrected chi connectivity index (χ0v) is 13.2. The Bertz CT molecular complexity index is 612. The third-order valence-corrected chi connectivity index (χ3v) is 3.50. The van der Waals surface area contributed by atoms with E-state index in [0.717, 1.165) is 22.4 Å². The Morgan fingerprint density at radius 2 is 1.50 bits per heavy atom. The smallest absolute Gasteiger partial charge is 0.119 e. The zero-order chi connectivity index (χ0) is 16.1. The van der Waals surface area contributed by atoms with Crippen molar-refractivity contribution in [3.8, 4) is 5.75 Å². The van der Waals surface area contributed by atoms with Crippen LogP contribution < -0.4 is 9.84 Å². The molecule has 0 radical (unpaired) electrons. The van der Waals surface area contributed by atoms with Crippen LogP contribution in [0.5, 0.6) is 5.75 Å². The van der Waals surface area contributed by atoms with Gasteiger partial charge < -0.3 is 14.6 Å². The van der Waals surface area contributed by atoms with Crippen molar-refractivity contribution in [1.29, 1.82) is 0 Å². The number of carbonyl (C=O) groups is 1.